The van der Waals surface area contributed by atoms with E-state index < -0.39 is 12.6 Å². The van der Waals surface area contributed by atoms with Crippen molar-refractivity contribution in [3.8, 4) is 0 Å². The van der Waals surface area contributed by atoms with E-state index in [9.17, 15) is 18.0 Å². The molecule has 5 heteroatoms. The third-order valence-corrected chi connectivity index (χ3v) is 2.60. The molecule has 0 aromatic heterocycles. The van der Waals surface area contributed by atoms with Gasteiger partial charge in [-0.25, -0.2) is 13.2 Å². The first-order valence-corrected chi connectivity index (χ1v) is 5.58. The van der Waals surface area contributed by atoms with Crippen LogP contribution in [0.5, 0.6) is 0 Å². The summed E-state index contributed by atoms with van der Waals surface area (Å²) in [6, 6.07) is 0. The van der Waals surface area contributed by atoms with Crippen LogP contribution in [0.1, 0.15) is 32.6 Å². The number of hydrogen-bond acceptors (Lipinski definition) is 2. The highest BCUT2D eigenvalue weighted by Crippen LogP contribution is 2.15. The van der Waals surface area contributed by atoms with Gasteiger partial charge in [0.15, 0.2) is 11.3 Å². The van der Waals surface area contributed by atoms with E-state index in [1.165, 1.54) is 18.7 Å². The molecule has 84 valence electrons. The molecule has 0 fully saturated rings. The number of alkyl halides is 3. The number of rotatable bonds is 7. The molecular weight excluding hydrogens is 213 g/mol. The van der Waals surface area contributed by atoms with Gasteiger partial charge in [-0.15, -0.1) is 0 Å². The van der Waals surface area contributed by atoms with E-state index in [1.807, 2.05) is 0 Å². The van der Waals surface area contributed by atoms with E-state index in [-0.39, 0.29) is 11.5 Å². The minimum Gasteiger partial charge on any atom is -0.288 e. The van der Waals surface area contributed by atoms with Gasteiger partial charge >= 0.3 is 0 Å². The van der Waals surface area contributed by atoms with Crippen molar-refractivity contribution in [2.75, 3.05) is 5.75 Å². The molecule has 0 bridgehead atoms. The molecule has 1 unspecified atom stereocenters. The van der Waals surface area contributed by atoms with Gasteiger partial charge in [0, 0.05) is 12.7 Å². The van der Waals surface area contributed by atoms with Gasteiger partial charge < -0.3 is 0 Å². The van der Waals surface area contributed by atoms with E-state index in [0.717, 1.165) is 6.42 Å². The smallest absolute Gasteiger partial charge is 0.269 e. The van der Waals surface area contributed by atoms with Crippen molar-refractivity contribution >= 4 is 16.9 Å². The normalized spacial score (nSPS) is 13.2. The van der Waals surface area contributed by atoms with Crippen LogP contribution in [0.3, 0.4) is 0 Å². The highest BCUT2D eigenvalue weighted by Gasteiger charge is 2.17. The Hall–Kier alpha value is -0.190. The first-order valence-electron chi connectivity index (χ1n) is 4.59. The quantitative estimate of drug-likeness (QED) is 0.621. The molecule has 0 N–H and O–H groups in total. The fraction of sp³-hybridized carbons (Fsp3) is 0.889. The second-order valence-electron chi connectivity index (χ2n) is 3.04. The summed E-state index contributed by atoms with van der Waals surface area (Å²) in [7, 11) is 0. The van der Waals surface area contributed by atoms with E-state index in [2.05, 4.69) is 0 Å². The molecule has 1 atom stereocenters. The molecule has 0 aliphatic heterocycles. The van der Waals surface area contributed by atoms with Gasteiger partial charge in [0.05, 0.1) is 0 Å². The van der Waals surface area contributed by atoms with Crippen molar-refractivity contribution in [2.45, 2.75) is 45.2 Å². The molecule has 0 rings (SSSR count). The van der Waals surface area contributed by atoms with Crippen LogP contribution in [0.4, 0.5) is 13.2 Å². The van der Waals surface area contributed by atoms with Crippen molar-refractivity contribution in [3.05, 3.63) is 0 Å². The molecule has 0 saturated heterocycles. The van der Waals surface area contributed by atoms with E-state index in [1.54, 1.807) is 0 Å². The Morgan fingerprint density at radius 1 is 1.21 bits per heavy atom. The standard InChI is InChI=1S/C9H15F3OS/c1-7(13)14-6-4-2-3-5-8(10)9(11)12/h8-9H,2-6H2,1H3. The van der Waals surface area contributed by atoms with Crippen LogP contribution >= 0.6 is 11.8 Å². The first-order chi connectivity index (χ1) is 6.54. The Kier molecular flexibility index (Phi) is 8.04. The summed E-state index contributed by atoms with van der Waals surface area (Å²) in [6.07, 6.45) is -2.99. The maximum atomic E-state index is 12.4. The summed E-state index contributed by atoms with van der Waals surface area (Å²) in [5.41, 5.74) is 0. The van der Waals surface area contributed by atoms with Gasteiger partial charge in [-0.2, -0.15) is 0 Å². The van der Waals surface area contributed by atoms with Crippen LogP contribution in [-0.4, -0.2) is 23.5 Å². The summed E-state index contributed by atoms with van der Waals surface area (Å²) in [5.74, 6) is 0.695. The number of carbonyl (C=O) groups excluding carboxylic acids is 1. The Labute approximate surface area is 86.4 Å². The second kappa shape index (κ2) is 8.15. The van der Waals surface area contributed by atoms with Crippen LogP contribution in [-0.2, 0) is 4.79 Å². The van der Waals surface area contributed by atoms with Crippen molar-refractivity contribution in [2.24, 2.45) is 0 Å². The molecule has 0 radical (unpaired) electrons. The van der Waals surface area contributed by atoms with Gasteiger partial charge in [0.25, 0.3) is 6.43 Å². The fourth-order valence-corrected chi connectivity index (χ4v) is 1.60. The lowest BCUT2D eigenvalue weighted by atomic mass is 10.1. The van der Waals surface area contributed by atoms with Gasteiger partial charge in [-0.3, -0.25) is 4.79 Å². The van der Waals surface area contributed by atoms with Crippen LogP contribution in [0.25, 0.3) is 0 Å². The van der Waals surface area contributed by atoms with Crippen LogP contribution in [0, 0.1) is 0 Å². The Bertz CT molecular complexity index is 164. The first kappa shape index (κ1) is 13.8. The molecule has 1 nitrogen and oxygen atoms in total. The molecule has 0 aromatic rings. The molecule has 0 amide bonds. The zero-order chi connectivity index (χ0) is 11.0. The van der Waals surface area contributed by atoms with Crippen molar-refractivity contribution in [1.29, 1.82) is 0 Å². The van der Waals surface area contributed by atoms with Crippen LogP contribution < -0.4 is 0 Å². The lowest BCUT2D eigenvalue weighted by molar-refractivity contribution is -0.109. The predicted molar refractivity (Wildman–Crippen MR) is 52.5 cm³/mol. The monoisotopic (exact) mass is 228 g/mol. The molecular formula is C9H15F3OS. The predicted octanol–water partition coefficient (Wildman–Crippen LogP) is 3.43. The Balaban J connectivity index is 3.17. The lowest BCUT2D eigenvalue weighted by Crippen LogP contribution is -2.11. The number of hydrogen-bond donors (Lipinski definition) is 0. The minimum absolute atomic E-state index is 0.0564. The number of unbranched alkanes of at least 4 members (excludes halogenated alkanes) is 2. The summed E-state index contributed by atoms with van der Waals surface area (Å²) in [4.78, 5) is 10.5. The molecule has 0 aliphatic rings. The maximum absolute atomic E-state index is 12.4. The largest absolute Gasteiger partial charge is 0.288 e. The van der Waals surface area contributed by atoms with E-state index in [0.29, 0.717) is 18.6 Å². The van der Waals surface area contributed by atoms with Gasteiger partial charge in [0.1, 0.15) is 0 Å². The lowest BCUT2D eigenvalue weighted by Gasteiger charge is -2.05. The average Bonchev–Trinajstić information content (AvgIpc) is 2.09. The van der Waals surface area contributed by atoms with Crippen molar-refractivity contribution in [1.82, 2.24) is 0 Å². The minimum atomic E-state index is -2.86. The summed E-state index contributed by atoms with van der Waals surface area (Å²) >= 11 is 1.22. The van der Waals surface area contributed by atoms with Gasteiger partial charge in [-0.05, 0) is 12.8 Å². The fourth-order valence-electron chi connectivity index (χ4n) is 0.960. The van der Waals surface area contributed by atoms with E-state index >= 15 is 0 Å². The average molecular weight is 228 g/mol. The highest BCUT2D eigenvalue weighted by molar-refractivity contribution is 8.13. The zero-order valence-corrected chi connectivity index (χ0v) is 8.96. The zero-order valence-electron chi connectivity index (χ0n) is 8.14. The second-order valence-corrected chi connectivity index (χ2v) is 4.31. The molecule has 0 saturated carbocycles. The number of thioether (sulfide) groups is 1. The number of carbonyl (C=O) groups is 1. The molecule has 0 aromatic carbocycles. The van der Waals surface area contributed by atoms with E-state index in [4.69, 9.17) is 0 Å². The highest BCUT2D eigenvalue weighted by atomic mass is 32.2. The number of halogens is 3. The Morgan fingerprint density at radius 2 is 1.86 bits per heavy atom. The summed E-state index contributed by atoms with van der Waals surface area (Å²) < 4.78 is 35.7. The van der Waals surface area contributed by atoms with Crippen LogP contribution in [0.15, 0.2) is 0 Å². The van der Waals surface area contributed by atoms with Gasteiger partial charge in [0.2, 0.25) is 0 Å². The molecule has 0 aliphatic carbocycles. The Morgan fingerprint density at radius 3 is 2.36 bits per heavy atom. The maximum Gasteiger partial charge on any atom is 0.269 e. The molecule has 0 heterocycles. The van der Waals surface area contributed by atoms with Crippen LogP contribution in [0.2, 0.25) is 0 Å². The summed E-state index contributed by atoms with van der Waals surface area (Å²) in [6.45, 7) is 1.49. The summed E-state index contributed by atoms with van der Waals surface area (Å²) in [5, 5.41) is 0.0564. The topological polar surface area (TPSA) is 17.1 Å². The third kappa shape index (κ3) is 8.41. The third-order valence-electron chi connectivity index (χ3n) is 1.70. The molecule has 0 spiro atoms. The van der Waals surface area contributed by atoms with Crippen molar-refractivity contribution in [3.63, 3.8) is 0 Å². The molecule has 14 heavy (non-hydrogen) atoms. The van der Waals surface area contributed by atoms with Gasteiger partial charge in [-0.1, -0.05) is 24.6 Å². The van der Waals surface area contributed by atoms with Crippen molar-refractivity contribution < 1.29 is 18.0 Å². The SMILES string of the molecule is CC(=O)SCCCCCC(F)C(F)F.